The second kappa shape index (κ2) is 8.97. The maximum atomic E-state index is 11.9. The van der Waals surface area contributed by atoms with Crippen LogP contribution >= 0.6 is 0 Å². The molecule has 0 radical (unpaired) electrons. The summed E-state index contributed by atoms with van der Waals surface area (Å²) in [4.78, 5) is 11.9. The average Bonchev–Trinajstić information content (AvgIpc) is 2.59. The summed E-state index contributed by atoms with van der Waals surface area (Å²) in [5, 5.41) is 0. The minimum absolute atomic E-state index is 0.0639. The molecule has 0 bridgehead atoms. The van der Waals surface area contributed by atoms with Crippen LogP contribution < -0.4 is 0 Å². The molecule has 1 unspecified atom stereocenters. The van der Waals surface area contributed by atoms with E-state index in [2.05, 4.69) is 0 Å². The Hall–Kier alpha value is -2.17. The molecule has 0 saturated carbocycles. The van der Waals surface area contributed by atoms with Gasteiger partial charge >= 0.3 is 5.97 Å². The van der Waals surface area contributed by atoms with E-state index < -0.39 is 6.29 Å². The second-order valence-corrected chi connectivity index (χ2v) is 4.65. The predicted octanol–water partition coefficient (Wildman–Crippen LogP) is 3.42. The van der Waals surface area contributed by atoms with Crippen molar-refractivity contribution in [2.75, 3.05) is 13.2 Å². The van der Waals surface area contributed by atoms with Gasteiger partial charge in [0.15, 0.2) is 6.29 Å². The van der Waals surface area contributed by atoms with Gasteiger partial charge in [0.1, 0.15) is 6.61 Å². The van der Waals surface area contributed by atoms with Gasteiger partial charge in [0, 0.05) is 6.61 Å². The van der Waals surface area contributed by atoms with E-state index in [4.69, 9.17) is 14.2 Å². The minimum Gasteiger partial charge on any atom is -0.457 e. The summed E-state index contributed by atoms with van der Waals surface area (Å²) in [5.74, 6) is -0.381. The zero-order valence-electron chi connectivity index (χ0n) is 12.6. The molecular formula is C18H20O4. The fourth-order valence-corrected chi connectivity index (χ4v) is 1.89. The molecule has 1 atom stereocenters. The van der Waals surface area contributed by atoms with Gasteiger partial charge in [-0.05, 0) is 24.6 Å². The van der Waals surface area contributed by atoms with Gasteiger partial charge in [-0.15, -0.1) is 0 Å². The molecule has 0 saturated heterocycles. The van der Waals surface area contributed by atoms with Crippen molar-refractivity contribution in [2.45, 2.75) is 19.8 Å². The Bertz CT molecular complexity index is 554. The first kappa shape index (κ1) is 16.2. The Morgan fingerprint density at radius 2 is 1.59 bits per heavy atom. The van der Waals surface area contributed by atoms with Crippen LogP contribution in [0.2, 0.25) is 0 Å². The van der Waals surface area contributed by atoms with Gasteiger partial charge in [0.25, 0.3) is 0 Å². The van der Waals surface area contributed by atoms with Gasteiger partial charge in [-0.1, -0.05) is 48.5 Å². The van der Waals surface area contributed by atoms with Crippen molar-refractivity contribution >= 4 is 5.97 Å². The Labute approximate surface area is 130 Å². The molecule has 2 rings (SSSR count). The number of carbonyl (C=O) groups is 1. The fourth-order valence-electron chi connectivity index (χ4n) is 1.89. The van der Waals surface area contributed by atoms with Crippen LogP contribution in [0.3, 0.4) is 0 Å². The molecule has 0 aliphatic rings. The molecule has 22 heavy (non-hydrogen) atoms. The SMILES string of the molecule is CCOC(COC(=O)c1ccccc1)OCc1ccccc1. The number of ether oxygens (including phenoxy) is 3. The third kappa shape index (κ3) is 5.31. The first-order valence-corrected chi connectivity index (χ1v) is 7.29. The number of carbonyl (C=O) groups excluding carboxylic acids is 1. The van der Waals surface area contributed by atoms with Gasteiger partial charge in [-0.25, -0.2) is 4.79 Å². The highest BCUT2D eigenvalue weighted by atomic mass is 16.7. The monoisotopic (exact) mass is 300 g/mol. The van der Waals surface area contributed by atoms with Gasteiger partial charge in [0.05, 0.1) is 12.2 Å². The van der Waals surface area contributed by atoms with Gasteiger partial charge in [0.2, 0.25) is 0 Å². The highest BCUT2D eigenvalue weighted by Gasteiger charge is 2.13. The summed E-state index contributed by atoms with van der Waals surface area (Å²) in [6, 6.07) is 18.6. The lowest BCUT2D eigenvalue weighted by Gasteiger charge is -2.18. The van der Waals surface area contributed by atoms with E-state index in [1.165, 1.54) is 0 Å². The minimum atomic E-state index is -0.571. The quantitative estimate of drug-likeness (QED) is 0.553. The van der Waals surface area contributed by atoms with Gasteiger partial charge < -0.3 is 14.2 Å². The molecule has 0 N–H and O–H groups in total. The standard InChI is InChI=1S/C18H20O4/c1-2-20-17(21-13-15-9-5-3-6-10-15)14-22-18(19)16-11-7-4-8-12-16/h3-12,17H,2,13-14H2,1H3. The van der Waals surface area contributed by atoms with Crippen LogP contribution in [0.5, 0.6) is 0 Å². The first-order valence-electron chi connectivity index (χ1n) is 7.29. The summed E-state index contributed by atoms with van der Waals surface area (Å²) in [6.07, 6.45) is -0.571. The van der Waals surface area contributed by atoms with Crippen molar-refractivity contribution in [2.24, 2.45) is 0 Å². The van der Waals surface area contributed by atoms with Gasteiger partial charge in [-0.3, -0.25) is 0 Å². The highest BCUT2D eigenvalue weighted by molar-refractivity contribution is 5.89. The molecule has 0 spiro atoms. The molecular weight excluding hydrogens is 280 g/mol. The normalized spacial score (nSPS) is 11.9. The summed E-state index contributed by atoms with van der Waals surface area (Å²) < 4.78 is 16.3. The number of hydrogen-bond donors (Lipinski definition) is 0. The lowest BCUT2D eigenvalue weighted by molar-refractivity contribution is -0.167. The molecule has 2 aromatic carbocycles. The van der Waals surface area contributed by atoms with Crippen molar-refractivity contribution in [3.05, 3.63) is 71.8 Å². The van der Waals surface area contributed by atoms with Crippen LogP contribution in [0.4, 0.5) is 0 Å². The van der Waals surface area contributed by atoms with Crippen molar-refractivity contribution in [3.8, 4) is 0 Å². The number of hydrogen-bond acceptors (Lipinski definition) is 4. The van der Waals surface area contributed by atoms with Crippen molar-refractivity contribution in [1.29, 1.82) is 0 Å². The summed E-state index contributed by atoms with van der Waals surface area (Å²) in [5.41, 5.74) is 1.56. The van der Waals surface area contributed by atoms with Crippen LogP contribution in [-0.4, -0.2) is 25.5 Å². The van der Waals surface area contributed by atoms with Crippen molar-refractivity contribution < 1.29 is 19.0 Å². The summed E-state index contributed by atoms with van der Waals surface area (Å²) in [7, 11) is 0. The molecule has 4 heteroatoms. The molecule has 0 heterocycles. The zero-order chi connectivity index (χ0) is 15.6. The van der Waals surface area contributed by atoms with Crippen molar-refractivity contribution in [3.63, 3.8) is 0 Å². The topological polar surface area (TPSA) is 44.8 Å². The molecule has 116 valence electrons. The van der Waals surface area contributed by atoms with Crippen molar-refractivity contribution in [1.82, 2.24) is 0 Å². The van der Waals surface area contributed by atoms with E-state index in [0.717, 1.165) is 5.56 Å². The molecule has 4 nitrogen and oxygen atoms in total. The molecule has 0 amide bonds. The largest absolute Gasteiger partial charge is 0.457 e. The lowest BCUT2D eigenvalue weighted by atomic mass is 10.2. The third-order valence-electron chi connectivity index (χ3n) is 2.99. The Morgan fingerprint density at radius 3 is 2.23 bits per heavy atom. The summed E-state index contributed by atoms with van der Waals surface area (Å²) >= 11 is 0. The Kier molecular flexibility index (Phi) is 6.61. The molecule has 0 aliphatic carbocycles. The Balaban J connectivity index is 1.82. The molecule has 0 aromatic heterocycles. The lowest BCUT2D eigenvalue weighted by Crippen LogP contribution is -2.25. The fraction of sp³-hybridized carbons (Fsp3) is 0.278. The summed E-state index contributed by atoms with van der Waals surface area (Å²) in [6.45, 7) is 2.84. The van der Waals surface area contributed by atoms with Gasteiger partial charge in [-0.2, -0.15) is 0 Å². The van der Waals surface area contributed by atoms with Crippen LogP contribution in [0, 0.1) is 0 Å². The number of rotatable bonds is 8. The number of esters is 1. The smallest absolute Gasteiger partial charge is 0.338 e. The third-order valence-corrected chi connectivity index (χ3v) is 2.99. The zero-order valence-corrected chi connectivity index (χ0v) is 12.6. The van der Waals surface area contributed by atoms with E-state index in [1.54, 1.807) is 24.3 Å². The van der Waals surface area contributed by atoms with E-state index in [-0.39, 0.29) is 12.6 Å². The van der Waals surface area contributed by atoms with E-state index >= 15 is 0 Å². The van der Waals surface area contributed by atoms with Crippen LogP contribution in [0.25, 0.3) is 0 Å². The van der Waals surface area contributed by atoms with E-state index in [0.29, 0.717) is 18.8 Å². The predicted molar refractivity (Wildman–Crippen MR) is 83.4 cm³/mol. The van der Waals surface area contributed by atoms with E-state index in [1.807, 2.05) is 43.3 Å². The maximum absolute atomic E-state index is 11.9. The maximum Gasteiger partial charge on any atom is 0.338 e. The second-order valence-electron chi connectivity index (χ2n) is 4.65. The van der Waals surface area contributed by atoms with E-state index in [9.17, 15) is 4.79 Å². The van der Waals surface area contributed by atoms with Crippen LogP contribution in [0.1, 0.15) is 22.8 Å². The Morgan fingerprint density at radius 1 is 0.955 bits per heavy atom. The molecule has 0 aliphatic heterocycles. The molecule has 2 aromatic rings. The number of benzene rings is 2. The first-order chi connectivity index (χ1) is 10.8. The van der Waals surface area contributed by atoms with Crippen LogP contribution in [0.15, 0.2) is 60.7 Å². The highest BCUT2D eigenvalue weighted by Crippen LogP contribution is 2.07. The molecule has 0 fully saturated rings. The van der Waals surface area contributed by atoms with Crippen LogP contribution in [-0.2, 0) is 20.8 Å². The average molecular weight is 300 g/mol.